The molecule has 12 heteroatoms. The van der Waals surface area contributed by atoms with E-state index >= 15 is 0 Å². The summed E-state index contributed by atoms with van der Waals surface area (Å²) in [7, 11) is 4.63. The van der Waals surface area contributed by atoms with Crippen LogP contribution in [0.25, 0.3) is 5.69 Å². The third kappa shape index (κ3) is 4.90. The van der Waals surface area contributed by atoms with Gasteiger partial charge in [0.1, 0.15) is 27.9 Å². The molecule has 0 saturated carbocycles. The topological polar surface area (TPSA) is 124 Å². The van der Waals surface area contributed by atoms with Crippen molar-refractivity contribution in [2.45, 2.75) is 6.92 Å². The number of aromatic nitrogens is 2. The second-order valence-electron chi connectivity index (χ2n) is 9.27. The van der Waals surface area contributed by atoms with E-state index in [1.807, 2.05) is 18.2 Å². The van der Waals surface area contributed by atoms with Crippen molar-refractivity contribution in [2.75, 3.05) is 29.8 Å². The van der Waals surface area contributed by atoms with Gasteiger partial charge >= 0.3 is 0 Å². The number of hydrogen-bond acceptors (Lipinski definition) is 7. The minimum absolute atomic E-state index is 0.127. The van der Waals surface area contributed by atoms with Gasteiger partial charge in [0.05, 0.1) is 31.3 Å². The SMILES string of the molecule is COc1ccc(N2C(=O)C(Cl)=C(Nc3ccc(C(=O)Nc4c(C)n(C)n(-c5ccccc5)c4=O)cc3)C2=O)c(OC)c1. The van der Waals surface area contributed by atoms with E-state index in [0.29, 0.717) is 22.8 Å². The summed E-state index contributed by atoms with van der Waals surface area (Å²) < 4.78 is 13.7. The number of ether oxygens (including phenoxy) is 2. The molecule has 0 bridgehead atoms. The number of anilines is 3. The molecule has 1 aromatic heterocycles. The van der Waals surface area contributed by atoms with Gasteiger partial charge in [0.15, 0.2) is 0 Å². The molecule has 0 saturated heterocycles. The van der Waals surface area contributed by atoms with Crippen molar-refractivity contribution in [2.24, 2.45) is 7.05 Å². The van der Waals surface area contributed by atoms with E-state index in [0.717, 1.165) is 4.90 Å². The molecule has 1 aliphatic rings. The van der Waals surface area contributed by atoms with Crippen molar-refractivity contribution >= 4 is 46.4 Å². The first-order chi connectivity index (χ1) is 20.2. The smallest absolute Gasteiger partial charge is 0.295 e. The molecule has 5 rings (SSSR count). The molecule has 0 atom stereocenters. The van der Waals surface area contributed by atoms with Gasteiger partial charge in [-0.1, -0.05) is 29.8 Å². The molecule has 0 spiro atoms. The highest BCUT2D eigenvalue weighted by Crippen LogP contribution is 2.37. The van der Waals surface area contributed by atoms with Gasteiger partial charge in [0, 0.05) is 24.4 Å². The summed E-state index contributed by atoms with van der Waals surface area (Å²) in [5.41, 5.74) is 1.81. The summed E-state index contributed by atoms with van der Waals surface area (Å²) in [5.74, 6) is -1.15. The highest BCUT2D eigenvalue weighted by molar-refractivity contribution is 6.53. The van der Waals surface area contributed by atoms with Crippen LogP contribution in [-0.2, 0) is 16.6 Å². The van der Waals surface area contributed by atoms with Gasteiger partial charge in [0.25, 0.3) is 23.3 Å². The van der Waals surface area contributed by atoms with Crippen molar-refractivity contribution < 1.29 is 23.9 Å². The standard InChI is InChI=1S/C30H26ClN5O6/c1-17-25(30(40)36(34(17)2)20-8-6-5-7-9-20)33-27(37)18-10-12-19(13-11-18)32-26-24(31)28(38)35(29(26)39)22-15-14-21(41-3)16-23(22)42-4/h5-16,32H,1-4H3,(H,33,37). The van der Waals surface area contributed by atoms with Gasteiger partial charge in [-0.3, -0.25) is 23.9 Å². The Hall–Kier alpha value is -5.29. The van der Waals surface area contributed by atoms with Gasteiger partial charge < -0.3 is 20.1 Å². The largest absolute Gasteiger partial charge is 0.497 e. The van der Waals surface area contributed by atoms with E-state index in [1.54, 1.807) is 55.1 Å². The van der Waals surface area contributed by atoms with E-state index in [9.17, 15) is 19.2 Å². The number of benzene rings is 3. The van der Waals surface area contributed by atoms with Crippen LogP contribution in [0.5, 0.6) is 11.5 Å². The number of para-hydroxylation sites is 1. The Morgan fingerprint density at radius 2 is 1.57 bits per heavy atom. The lowest BCUT2D eigenvalue weighted by Gasteiger charge is -2.18. The number of carbonyl (C=O) groups is 3. The van der Waals surface area contributed by atoms with Gasteiger partial charge in [-0.25, -0.2) is 9.58 Å². The lowest BCUT2D eigenvalue weighted by atomic mass is 10.2. The maximum Gasteiger partial charge on any atom is 0.295 e. The summed E-state index contributed by atoms with van der Waals surface area (Å²) in [6.45, 7) is 1.74. The number of nitrogens with zero attached hydrogens (tertiary/aromatic N) is 3. The highest BCUT2D eigenvalue weighted by Gasteiger charge is 2.40. The Morgan fingerprint density at radius 1 is 0.881 bits per heavy atom. The molecule has 0 radical (unpaired) electrons. The van der Waals surface area contributed by atoms with E-state index in [1.165, 1.54) is 37.1 Å². The first-order valence-corrected chi connectivity index (χ1v) is 13.1. The Kier molecular flexibility index (Phi) is 7.60. The molecule has 11 nitrogen and oxygen atoms in total. The van der Waals surface area contributed by atoms with Crippen LogP contribution in [0, 0.1) is 6.92 Å². The number of amides is 3. The third-order valence-corrected chi connectivity index (χ3v) is 7.21. The first-order valence-electron chi connectivity index (χ1n) is 12.7. The molecule has 4 aromatic rings. The fourth-order valence-corrected chi connectivity index (χ4v) is 4.76. The van der Waals surface area contributed by atoms with E-state index in [-0.39, 0.29) is 39.0 Å². The summed E-state index contributed by atoms with van der Waals surface area (Å²) in [6, 6.07) is 19.9. The number of imide groups is 1. The molecule has 3 aromatic carbocycles. The number of carbonyl (C=O) groups excluding carboxylic acids is 3. The fourth-order valence-electron chi connectivity index (χ4n) is 4.55. The Labute approximate surface area is 245 Å². The maximum absolute atomic E-state index is 13.2. The average molecular weight is 588 g/mol. The summed E-state index contributed by atoms with van der Waals surface area (Å²) in [5, 5.41) is 5.29. The molecule has 3 amide bonds. The molecular weight excluding hydrogens is 562 g/mol. The predicted molar refractivity (Wildman–Crippen MR) is 159 cm³/mol. The number of halogens is 1. The summed E-state index contributed by atoms with van der Waals surface area (Å²) >= 11 is 6.27. The van der Waals surface area contributed by atoms with Crippen molar-refractivity contribution in [3.05, 3.63) is 105 Å². The molecular formula is C30H26ClN5O6. The Balaban J connectivity index is 1.33. The minimum atomic E-state index is -0.719. The monoisotopic (exact) mass is 587 g/mol. The molecule has 0 fully saturated rings. The zero-order valence-electron chi connectivity index (χ0n) is 23.1. The second kappa shape index (κ2) is 11.3. The summed E-state index contributed by atoms with van der Waals surface area (Å²) in [4.78, 5) is 53.3. The maximum atomic E-state index is 13.2. The molecule has 2 heterocycles. The van der Waals surface area contributed by atoms with Gasteiger partial charge in [-0.2, -0.15) is 0 Å². The van der Waals surface area contributed by atoms with E-state index in [2.05, 4.69) is 10.6 Å². The lowest BCUT2D eigenvalue weighted by Crippen LogP contribution is -2.32. The van der Waals surface area contributed by atoms with Crippen LogP contribution >= 0.6 is 11.6 Å². The predicted octanol–water partition coefficient (Wildman–Crippen LogP) is 4.19. The number of rotatable bonds is 8. The molecule has 0 aliphatic carbocycles. The molecule has 0 unspecified atom stereocenters. The first kappa shape index (κ1) is 28.2. The van der Waals surface area contributed by atoms with Crippen LogP contribution in [0.2, 0.25) is 0 Å². The number of nitrogens with one attached hydrogen (secondary N) is 2. The van der Waals surface area contributed by atoms with Crippen LogP contribution in [0.1, 0.15) is 16.1 Å². The average Bonchev–Trinajstić information content (AvgIpc) is 3.35. The summed E-state index contributed by atoms with van der Waals surface area (Å²) in [6.07, 6.45) is 0. The van der Waals surface area contributed by atoms with Crippen molar-refractivity contribution in [3.8, 4) is 17.2 Å². The zero-order valence-corrected chi connectivity index (χ0v) is 23.9. The molecule has 214 valence electrons. The van der Waals surface area contributed by atoms with Crippen LogP contribution in [-0.4, -0.2) is 41.3 Å². The van der Waals surface area contributed by atoms with Gasteiger partial charge in [-0.05, 0) is 55.5 Å². The fraction of sp³-hybridized carbons (Fsp3) is 0.133. The van der Waals surface area contributed by atoms with E-state index < -0.39 is 17.7 Å². The molecule has 42 heavy (non-hydrogen) atoms. The van der Waals surface area contributed by atoms with Crippen LogP contribution in [0.3, 0.4) is 0 Å². The van der Waals surface area contributed by atoms with Crippen LogP contribution in [0.4, 0.5) is 17.1 Å². The van der Waals surface area contributed by atoms with Gasteiger partial charge in [-0.15, -0.1) is 0 Å². The zero-order chi connectivity index (χ0) is 30.1. The number of methoxy groups -OCH3 is 2. The Morgan fingerprint density at radius 3 is 2.21 bits per heavy atom. The lowest BCUT2D eigenvalue weighted by molar-refractivity contribution is -0.120. The van der Waals surface area contributed by atoms with Crippen molar-refractivity contribution in [1.29, 1.82) is 0 Å². The normalized spacial score (nSPS) is 13.0. The van der Waals surface area contributed by atoms with E-state index in [4.69, 9.17) is 21.1 Å². The second-order valence-corrected chi connectivity index (χ2v) is 9.64. The van der Waals surface area contributed by atoms with Crippen molar-refractivity contribution in [3.63, 3.8) is 0 Å². The Bertz CT molecular complexity index is 1810. The van der Waals surface area contributed by atoms with Gasteiger partial charge in [0.2, 0.25) is 0 Å². The van der Waals surface area contributed by atoms with Crippen LogP contribution in [0.15, 0.2) is 88.3 Å². The quantitative estimate of drug-likeness (QED) is 0.296. The van der Waals surface area contributed by atoms with Crippen LogP contribution < -0.4 is 30.6 Å². The molecule has 1 aliphatic heterocycles. The highest BCUT2D eigenvalue weighted by atomic mass is 35.5. The molecule has 2 N–H and O–H groups in total. The van der Waals surface area contributed by atoms with Crippen molar-refractivity contribution in [1.82, 2.24) is 9.36 Å². The third-order valence-electron chi connectivity index (χ3n) is 6.86. The number of hydrogen-bond donors (Lipinski definition) is 2. The minimum Gasteiger partial charge on any atom is -0.497 e.